The lowest BCUT2D eigenvalue weighted by molar-refractivity contribution is 0.0720. The first kappa shape index (κ1) is 16.6. The van der Waals surface area contributed by atoms with Crippen LogP contribution in [0.4, 0.5) is 16.3 Å². The van der Waals surface area contributed by atoms with Crippen molar-refractivity contribution in [1.82, 2.24) is 20.0 Å². The molecule has 3 heterocycles. The second kappa shape index (κ2) is 6.80. The number of amides is 2. The van der Waals surface area contributed by atoms with E-state index in [2.05, 4.69) is 22.9 Å². The number of hydrogen-bond donors (Lipinski definition) is 2. The predicted octanol–water partition coefficient (Wildman–Crippen LogP) is 2.39. The van der Waals surface area contributed by atoms with Crippen LogP contribution in [0.2, 0.25) is 0 Å². The summed E-state index contributed by atoms with van der Waals surface area (Å²) in [5, 5.41) is 1.39. The fourth-order valence-electron chi connectivity index (χ4n) is 3.34. The maximum atomic E-state index is 12.8. The second-order valence-electron chi connectivity index (χ2n) is 6.54. The maximum absolute atomic E-state index is 12.8. The van der Waals surface area contributed by atoms with Crippen LogP contribution in [0.5, 0.6) is 0 Å². The maximum Gasteiger partial charge on any atom is 0.351 e. The van der Waals surface area contributed by atoms with E-state index >= 15 is 0 Å². The minimum Gasteiger partial charge on any atom is -0.337 e. The van der Waals surface area contributed by atoms with E-state index in [1.807, 2.05) is 24.3 Å². The fraction of sp³-hybridized carbons (Fsp3) is 0.389. The first-order valence-corrected chi connectivity index (χ1v) is 9.00. The Morgan fingerprint density at radius 3 is 2.58 bits per heavy atom. The monoisotopic (exact) mass is 354 g/mol. The number of anilines is 2. The molecule has 1 aromatic heterocycles. The van der Waals surface area contributed by atoms with Gasteiger partial charge >= 0.3 is 6.03 Å². The topological polar surface area (TPSA) is 82.5 Å². The van der Waals surface area contributed by atoms with Gasteiger partial charge in [-0.05, 0) is 43.4 Å². The van der Waals surface area contributed by atoms with Gasteiger partial charge in [-0.1, -0.05) is 19.1 Å². The number of nitrogens with zero attached hydrogens (tertiary/aromatic N) is 4. The molecule has 2 N–H and O–H groups in total. The van der Waals surface area contributed by atoms with Crippen LogP contribution in [0.25, 0.3) is 0 Å². The number of fused-ring (bicyclic) bond motifs is 1. The Hall–Kier alpha value is -2.87. The molecule has 2 aliphatic rings. The number of imidazole rings is 1. The Kier molecular flexibility index (Phi) is 4.34. The van der Waals surface area contributed by atoms with Crippen molar-refractivity contribution in [3.05, 3.63) is 41.9 Å². The van der Waals surface area contributed by atoms with Crippen LogP contribution in [0.15, 0.2) is 30.6 Å². The molecule has 0 saturated carbocycles. The van der Waals surface area contributed by atoms with E-state index in [-0.39, 0.29) is 17.6 Å². The summed E-state index contributed by atoms with van der Waals surface area (Å²) in [4.78, 5) is 31.5. The number of rotatable bonds is 3. The minimum atomic E-state index is -0.312. The molecule has 0 atom stereocenters. The Morgan fingerprint density at radius 2 is 1.88 bits per heavy atom. The number of benzene rings is 1. The van der Waals surface area contributed by atoms with Gasteiger partial charge in [0, 0.05) is 13.1 Å². The number of hydrazine groups is 2. The summed E-state index contributed by atoms with van der Waals surface area (Å²) in [6.45, 7) is 3.56. The highest BCUT2D eigenvalue weighted by atomic mass is 16.2. The van der Waals surface area contributed by atoms with E-state index < -0.39 is 0 Å². The van der Waals surface area contributed by atoms with Gasteiger partial charge in [-0.25, -0.2) is 19.4 Å². The first-order chi connectivity index (χ1) is 12.7. The summed E-state index contributed by atoms with van der Waals surface area (Å²) in [7, 11) is 0. The average molecular weight is 354 g/mol. The highest BCUT2D eigenvalue weighted by Gasteiger charge is 2.32. The summed E-state index contributed by atoms with van der Waals surface area (Å²) < 4.78 is 1.36. The fourth-order valence-corrected chi connectivity index (χ4v) is 3.34. The van der Waals surface area contributed by atoms with Gasteiger partial charge in [0.15, 0.2) is 11.5 Å². The quantitative estimate of drug-likeness (QED) is 0.884. The van der Waals surface area contributed by atoms with Crippen molar-refractivity contribution in [2.45, 2.75) is 32.6 Å². The molecule has 26 heavy (non-hydrogen) atoms. The lowest BCUT2D eigenvalue weighted by Crippen LogP contribution is -2.53. The zero-order chi connectivity index (χ0) is 18.1. The molecule has 136 valence electrons. The molecule has 0 unspecified atom stereocenters. The van der Waals surface area contributed by atoms with Crippen molar-refractivity contribution in [3.63, 3.8) is 0 Å². The lowest BCUT2D eigenvalue weighted by atomic mass is 10.1. The van der Waals surface area contributed by atoms with Gasteiger partial charge in [-0.2, -0.15) is 0 Å². The number of aromatic nitrogens is 2. The number of aryl methyl sites for hydroxylation is 1. The number of carbonyl (C=O) groups excluding carboxylic acids is 2. The number of likely N-dealkylation sites (tertiary alicyclic amines) is 1. The van der Waals surface area contributed by atoms with E-state index in [9.17, 15) is 9.59 Å². The van der Waals surface area contributed by atoms with Crippen LogP contribution < -0.4 is 16.0 Å². The third kappa shape index (κ3) is 2.82. The van der Waals surface area contributed by atoms with Gasteiger partial charge in [0.25, 0.3) is 5.91 Å². The van der Waals surface area contributed by atoms with E-state index in [0.717, 1.165) is 38.8 Å². The number of piperidine rings is 1. The Balaban J connectivity index is 1.57. The molecule has 8 nitrogen and oxygen atoms in total. The average Bonchev–Trinajstić information content (AvgIpc) is 3.13. The molecule has 1 aromatic carbocycles. The predicted molar refractivity (Wildman–Crippen MR) is 97.8 cm³/mol. The van der Waals surface area contributed by atoms with Crippen LogP contribution in [-0.2, 0) is 6.42 Å². The highest BCUT2D eigenvalue weighted by molar-refractivity contribution is 6.02. The van der Waals surface area contributed by atoms with E-state index in [0.29, 0.717) is 11.5 Å². The van der Waals surface area contributed by atoms with Gasteiger partial charge in [-0.3, -0.25) is 10.2 Å². The normalized spacial score (nSPS) is 17.0. The zero-order valence-corrected chi connectivity index (χ0v) is 14.7. The Labute approximate surface area is 151 Å². The lowest BCUT2D eigenvalue weighted by Gasteiger charge is -2.30. The molecule has 0 spiro atoms. The van der Waals surface area contributed by atoms with Gasteiger partial charge in [0.05, 0.1) is 5.69 Å². The molecule has 1 fully saturated rings. The highest BCUT2D eigenvalue weighted by Crippen LogP contribution is 2.24. The zero-order valence-electron chi connectivity index (χ0n) is 14.7. The van der Waals surface area contributed by atoms with Crippen LogP contribution in [0.3, 0.4) is 0 Å². The molecule has 0 bridgehead atoms. The first-order valence-electron chi connectivity index (χ1n) is 9.00. The van der Waals surface area contributed by atoms with E-state index in [1.54, 1.807) is 4.90 Å². The van der Waals surface area contributed by atoms with Crippen molar-refractivity contribution in [2.24, 2.45) is 0 Å². The molecule has 2 aromatic rings. The van der Waals surface area contributed by atoms with Gasteiger partial charge in [-0.15, -0.1) is 5.53 Å². The smallest absolute Gasteiger partial charge is 0.337 e. The van der Waals surface area contributed by atoms with Gasteiger partial charge in [0.2, 0.25) is 0 Å². The van der Waals surface area contributed by atoms with Crippen LogP contribution in [0, 0.1) is 0 Å². The molecule has 2 aliphatic heterocycles. The van der Waals surface area contributed by atoms with Gasteiger partial charge in [0.1, 0.15) is 6.33 Å². The molecular formula is C18H22N6O2. The molecule has 0 aliphatic carbocycles. The minimum absolute atomic E-state index is 0.138. The van der Waals surface area contributed by atoms with Crippen molar-refractivity contribution in [3.8, 4) is 0 Å². The summed E-state index contributed by atoms with van der Waals surface area (Å²) >= 11 is 0. The Morgan fingerprint density at radius 1 is 1.15 bits per heavy atom. The number of hydrogen-bond acceptors (Lipinski definition) is 5. The van der Waals surface area contributed by atoms with Crippen molar-refractivity contribution in [2.75, 3.05) is 23.5 Å². The largest absolute Gasteiger partial charge is 0.351 e. The molecule has 2 amide bonds. The molecule has 8 heteroatoms. The summed E-state index contributed by atoms with van der Waals surface area (Å²) in [6, 6.07) is 7.42. The van der Waals surface area contributed by atoms with Crippen LogP contribution in [-0.4, -0.2) is 39.5 Å². The van der Waals surface area contributed by atoms with E-state index in [4.69, 9.17) is 0 Å². The molecule has 4 rings (SSSR count). The van der Waals surface area contributed by atoms with Crippen LogP contribution >= 0.6 is 0 Å². The second-order valence-corrected chi connectivity index (χ2v) is 6.54. The third-order valence-electron chi connectivity index (χ3n) is 4.90. The standard InChI is InChI=1S/C18H22N6O2/c1-2-13-6-8-14(9-7-13)24-18(26)23-12-19-15(16(23)20-21-24)17(25)22-10-4-3-5-11-22/h6-9,12,20-21H,2-5,10-11H2,1H3. The van der Waals surface area contributed by atoms with E-state index in [1.165, 1.54) is 21.5 Å². The van der Waals surface area contributed by atoms with Crippen molar-refractivity contribution in [1.29, 1.82) is 0 Å². The summed E-state index contributed by atoms with van der Waals surface area (Å²) in [5.41, 5.74) is 7.99. The van der Waals surface area contributed by atoms with Crippen LogP contribution in [0.1, 0.15) is 42.2 Å². The summed E-state index contributed by atoms with van der Waals surface area (Å²) in [6.07, 6.45) is 5.50. The van der Waals surface area contributed by atoms with Crippen molar-refractivity contribution >= 4 is 23.4 Å². The molecule has 0 radical (unpaired) electrons. The molecular weight excluding hydrogens is 332 g/mol. The van der Waals surface area contributed by atoms with Crippen molar-refractivity contribution < 1.29 is 9.59 Å². The molecule has 1 saturated heterocycles. The summed E-state index contributed by atoms with van der Waals surface area (Å²) in [5.74, 6) is 0.244. The number of carbonyl (C=O) groups is 2. The number of nitrogens with one attached hydrogen (secondary N) is 2. The SMILES string of the molecule is CCc1ccc(N2NNc3c(C(=O)N4CCCCC4)ncn3C2=O)cc1. The third-order valence-corrected chi connectivity index (χ3v) is 4.90. The Bertz CT molecular complexity index is 823. The van der Waals surface area contributed by atoms with Gasteiger partial charge < -0.3 is 4.90 Å².